The smallest absolute Gasteiger partial charge is 0.309 e. The Labute approximate surface area is 194 Å². The normalized spacial score (nSPS) is 16.5. The Kier molecular flexibility index (Phi) is 5.04. The molecule has 9 nitrogen and oxygen atoms in total. The van der Waals surface area contributed by atoms with Gasteiger partial charge in [-0.2, -0.15) is 0 Å². The molecule has 0 fully saturated rings. The molecule has 2 N–H and O–H groups in total. The van der Waals surface area contributed by atoms with E-state index in [0.717, 1.165) is 27.8 Å². The van der Waals surface area contributed by atoms with E-state index in [1.54, 1.807) is 13.0 Å². The molecule has 2 aromatic heterocycles. The second-order valence-corrected chi connectivity index (χ2v) is 9.81. The molecule has 1 amide bonds. The monoisotopic (exact) mass is 465 g/mol. The third-order valence-electron chi connectivity index (χ3n) is 5.53. The van der Waals surface area contributed by atoms with Gasteiger partial charge in [0.1, 0.15) is 23.1 Å². The molecule has 0 atom stereocenters. The highest BCUT2D eigenvalue weighted by molar-refractivity contribution is 7.17. The quantitative estimate of drug-likeness (QED) is 0.604. The lowest BCUT2D eigenvalue weighted by atomic mass is 9.94. The topological polar surface area (TPSA) is 118 Å². The number of thiazole rings is 1. The number of carbonyl (C=O) groups excluding carboxylic acids is 1. The Bertz CT molecular complexity index is 1290. The number of nitrogens with one attached hydrogen (secondary N) is 1. The Morgan fingerprint density at radius 1 is 1.27 bits per heavy atom. The third kappa shape index (κ3) is 4.13. The molecule has 170 valence electrons. The molecule has 0 aliphatic carbocycles. The van der Waals surface area contributed by atoms with Crippen molar-refractivity contribution < 1.29 is 19.4 Å². The second kappa shape index (κ2) is 7.80. The van der Waals surface area contributed by atoms with Crippen molar-refractivity contribution in [3.05, 3.63) is 46.4 Å². The maximum atomic E-state index is 12.6. The number of amides is 1. The summed E-state index contributed by atoms with van der Waals surface area (Å²) in [4.78, 5) is 40.0. The van der Waals surface area contributed by atoms with E-state index in [4.69, 9.17) is 14.8 Å². The fourth-order valence-electron chi connectivity index (χ4n) is 4.18. The van der Waals surface area contributed by atoms with Gasteiger partial charge >= 0.3 is 5.97 Å². The average Bonchev–Trinajstić information content (AvgIpc) is 3.15. The van der Waals surface area contributed by atoms with Crippen molar-refractivity contribution in [2.24, 2.45) is 0 Å². The van der Waals surface area contributed by atoms with Crippen molar-refractivity contribution >= 4 is 34.0 Å². The highest BCUT2D eigenvalue weighted by Gasteiger charge is 2.34. The van der Waals surface area contributed by atoms with E-state index in [-0.39, 0.29) is 17.9 Å². The van der Waals surface area contributed by atoms with E-state index in [0.29, 0.717) is 41.7 Å². The molecule has 0 saturated heterocycles. The first-order valence-electron chi connectivity index (χ1n) is 10.6. The maximum absolute atomic E-state index is 12.6. The Balaban J connectivity index is 1.54. The van der Waals surface area contributed by atoms with Gasteiger partial charge in [-0.05, 0) is 45.0 Å². The van der Waals surface area contributed by atoms with Crippen LogP contribution < -0.4 is 15.0 Å². The first-order chi connectivity index (χ1) is 15.7. The highest BCUT2D eigenvalue weighted by atomic mass is 32.1. The van der Waals surface area contributed by atoms with Crippen LogP contribution in [0.5, 0.6) is 5.75 Å². The van der Waals surface area contributed by atoms with Gasteiger partial charge in [0.25, 0.3) is 5.91 Å². The number of carboxylic acid groups (broad SMARTS) is 1. The number of ether oxygens (including phenoxy) is 1. The number of aromatic nitrogens is 3. The van der Waals surface area contributed by atoms with Crippen LogP contribution in [0.15, 0.2) is 24.3 Å². The molecule has 10 heteroatoms. The Hall–Kier alpha value is -3.53. The van der Waals surface area contributed by atoms with E-state index in [9.17, 15) is 9.59 Å². The van der Waals surface area contributed by atoms with Crippen LogP contribution >= 0.6 is 11.3 Å². The molecule has 0 bridgehead atoms. The number of benzene rings is 1. The van der Waals surface area contributed by atoms with Crippen molar-refractivity contribution in [3.8, 4) is 17.0 Å². The highest BCUT2D eigenvalue weighted by Crippen LogP contribution is 2.42. The zero-order chi connectivity index (χ0) is 23.3. The summed E-state index contributed by atoms with van der Waals surface area (Å²) in [5.41, 5.74) is 3.24. The molecule has 0 spiro atoms. The number of aliphatic carboxylic acids is 1. The SMILES string of the molecule is Cc1nc(CC(=O)O)cc(-c2ccc3c(c2)N(c2nc4c(s2)C(=O)NC(C)(C)C4)CCO3)n1. The summed E-state index contributed by atoms with van der Waals surface area (Å²) in [5, 5.41) is 12.9. The first-order valence-corrected chi connectivity index (χ1v) is 11.4. The summed E-state index contributed by atoms with van der Waals surface area (Å²) in [6, 6.07) is 7.45. The maximum Gasteiger partial charge on any atom is 0.309 e. The third-order valence-corrected chi connectivity index (χ3v) is 6.65. The molecule has 5 rings (SSSR count). The minimum Gasteiger partial charge on any atom is -0.490 e. The number of carbonyl (C=O) groups is 2. The molecule has 4 heterocycles. The van der Waals surface area contributed by atoms with Crippen molar-refractivity contribution in [1.29, 1.82) is 0 Å². The molecule has 0 saturated carbocycles. The van der Waals surface area contributed by atoms with Crippen molar-refractivity contribution in [2.75, 3.05) is 18.1 Å². The van der Waals surface area contributed by atoms with Crippen molar-refractivity contribution in [2.45, 2.75) is 39.2 Å². The van der Waals surface area contributed by atoms with Gasteiger partial charge in [0.15, 0.2) is 5.13 Å². The zero-order valence-electron chi connectivity index (χ0n) is 18.5. The summed E-state index contributed by atoms with van der Waals surface area (Å²) >= 11 is 1.38. The second-order valence-electron chi connectivity index (χ2n) is 8.83. The number of fused-ring (bicyclic) bond motifs is 2. The van der Waals surface area contributed by atoms with Gasteiger partial charge in [0, 0.05) is 17.5 Å². The molecule has 1 aromatic carbocycles. The van der Waals surface area contributed by atoms with Crippen LogP contribution in [-0.2, 0) is 17.6 Å². The first kappa shape index (κ1) is 21.3. The fourth-order valence-corrected chi connectivity index (χ4v) is 5.20. The fraction of sp³-hybridized carbons (Fsp3) is 0.348. The lowest BCUT2D eigenvalue weighted by Gasteiger charge is -2.29. The summed E-state index contributed by atoms with van der Waals surface area (Å²) < 4.78 is 5.87. The number of hydrogen-bond donors (Lipinski definition) is 2. The molecule has 2 aliphatic heterocycles. The van der Waals surface area contributed by atoms with Crippen molar-refractivity contribution in [1.82, 2.24) is 20.3 Å². The lowest BCUT2D eigenvalue weighted by Crippen LogP contribution is -2.48. The molecular weight excluding hydrogens is 442 g/mol. The molecule has 2 aliphatic rings. The summed E-state index contributed by atoms with van der Waals surface area (Å²) in [6.07, 6.45) is 0.508. The Morgan fingerprint density at radius 3 is 2.88 bits per heavy atom. The van der Waals surface area contributed by atoms with E-state index in [1.807, 2.05) is 32.0 Å². The largest absolute Gasteiger partial charge is 0.490 e. The number of nitrogens with zero attached hydrogens (tertiary/aromatic N) is 4. The van der Waals surface area contributed by atoms with E-state index < -0.39 is 5.97 Å². The minimum absolute atomic E-state index is 0.0883. The van der Waals surface area contributed by atoms with Gasteiger partial charge in [0.2, 0.25) is 0 Å². The summed E-state index contributed by atoms with van der Waals surface area (Å²) in [7, 11) is 0. The van der Waals surface area contributed by atoms with Crippen LogP contribution in [0.3, 0.4) is 0 Å². The molecular formula is C23H23N5O4S. The van der Waals surface area contributed by atoms with Crippen LogP contribution in [0.1, 0.15) is 40.7 Å². The van der Waals surface area contributed by atoms with Crippen LogP contribution in [0.4, 0.5) is 10.8 Å². The van der Waals surface area contributed by atoms with E-state index in [2.05, 4.69) is 20.2 Å². The van der Waals surface area contributed by atoms with Crippen LogP contribution in [0, 0.1) is 6.92 Å². The average molecular weight is 466 g/mol. The number of rotatable bonds is 4. The van der Waals surface area contributed by atoms with Gasteiger partial charge in [-0.1, -0.05) is 11.3 Å². The zero-order valence-corrected chi connectivity index (χ0v) is 19.3. The number of aryl methyl sites for hydroxylation is 1. The molecule has 0 unspecified atom stereocenters. The number of carboxylic acids is 1. The van der Waals surface area contributed by atoms with Crippen LogP contribution in [0.25, 0.3) is 11.3 Å². The Morgan fingerprint density at radius 2 is 2.09 bits per heavy atom. The molecule has 33 heavy (non-hydrogen) atoms. The molecule has 0 radical (unpaired) electrons. The predicted octanol–water partition coefficient (Wildman–Crippen LogP) is 3.13. The van der Waals surface area contributed by atoms with Crippen LogP contribution in [0.2, 0.25) is 0 Å². The minimum atomic E-state index is -0.941. The van der Waals surface area contributed by atoms with Crippen LogP contribution in [-0.4, -0.2) is 50.6 Å². The van der Waals surface area contributed by atoms with Gasteiger partial charge < -0.3 is 20.1 Å². The van der Waals surface area contributed by atoms with Gasteiger partial charge in [-0.3, -0.25) is 9.59 Å². The summed E-state index contributed by atoms with van der Waals surface area (Å²) in [6.45, 7) is 6.83. The van der Waals surface area contributed by atoms with Gasteiger partial charge in [-0.15, -0.1) is 0 Å². The number of anilines is 2. The van der Waals surface area contributed by atoms with E-state index in [1.165, 1.54) is 11.3 Å². The lowest BCUT2D eigenvalue weighted by molar-refractivity contribution is -0.136. The van der Waals surface area contributed by atoms with E-state index >= 15 is 0 Å². The standard InChI is InChI=1S/C23H23N5O4S/c1-12-24-14(10-19(29)30)9-15(25-12)13-4-5-18-17(8-13)28(6-7-32-18)22-26-16-11-23(2,3)27-21(31)20(16)33-22/h4-5,8-9H,6-7,10-11H2,1-3H3,(H,27,31)(H,29,30). The predicted molar refractivity (Wildman–Crippen MR) is 123 cm³/mol. The number of hydrogen-bond acceptors (Lipinski definition) is 8. The molecule has 3 aromatic rings. The van der Waals surface area contributed by atoms with Gasteiger partial charge in [-0.25, -0.2) is 15.0 Å². The van der Waals surface area contributed by atoms with Gasteiger partial charge in [0.05, 0.1) is 35.7 Å². The summed E-state index contributed by atoms with van der Waals surface area (Å²) in [5.74, 6) is 0.203. The van der Waals surface area contributed by atoms with Crippen molar-refractivity contribution in [3.63, 3.8) is 0 Å².